The van der Waals surface area contributed by atoms with Crippen LogP contribution in [0.4, 0.5) is 0 Å². The molecule has 0 spiro atoms. The van der Waals surface area contributed by atoms with E-state index in [4.69, 9.17) is 28.4 Å². The summed E-state index contributed by atoms with van der Waals surface area (Å²) in [5.74, 6) is -4.44. The van der Waals surface area contributed by atoms with Crippen molar-refractivity contribution in [3.8, 4) is 0 Å². The zero-order valence-corrected chi connectivity index (χ0v) is 27.8. The number of nitrogens with one attached hydrogen (secondary N) is 1. The molecule has 46 heavy (non-hydrogen) atoms. The Kier molecular flexibility index (Phi) is 13.3. The predicted molar refractivity (Wildman–Crippen MR) is 161 cm³/mol. The number of hydrogen-bond donors (Lipinski definition) is 1. The summed E-state index contributed by atoms with van der Waals surface area (Å²) in [6.45, 7) is 5.04. The standard InChI is InChI=1S/C32H37NO12Se/c1-19(34)33-28-26(42-21(3)36)16-32(46-25-14-10-7-11-15-25,31(39)41-17-24-12-8-6-9-13-24)45-30(28)29(44-23(5)38)27(43-22(4)37)18-40-20(2)35/h6-15,26-30H,16-18H2,1-5H3,(H,33,34)/t26-,27+,28+,29+,30+,32-/m0/s1. The van der Waals surface area contributed by atoms with Crippen molar-refractivity contribution in [2.24, 2.45) is 0 Å². The van der Waals surface area contributed by atoms with E-state index >= 15 is 0 Å². The van der Waals surface area contributed by atoms with Crippen LogP contribution >= 0.6 is 0 Å². The van der Waals surface area contributed by atoms with Crippen molar-refractivity contribution >= 4 is 55.2 Å². The van der Waals surface area contributed by atoms with Gasteiger partial charge in [-0.05, 0) is 0 Å². The first-order valence-electron chi connectivity index (χ1n) is 14.3. The van der Waals surface area contributed by atoms with Crippen LogP contribution in [0.15, 0.2) is 60.7 Å². The van der Waals surface area contributed by atoms with Gasteiger partial charge < -0.3 is 0 Å². The van der Waals surface area contributed by atoms with Gasteiger partial charge in [-0.15, -0.1) is 0 Å². The van der Waals surface area contributed by atoms with Crippen LogP contribution in [-0.2, 0) is 63.8 Å². The summed E-state index contributed by atoms with van der Waals surface area (Å²) in [7, 11) is 0. The van der Waals surface area contributed by atoms with Crippen LogP contribution in [0.2, 0.25) is 0 Å². The second-order valence-corrected chi connectivity index (χ2v) is 13.2. The van der Waals surface area contributed by atoms with E-state index in [1.54, 1.807) is 54.6 Å². The van der Waals surface area contributed by atoms with Crippen molar-refractivity contribution in [2.45, 2.75) is 82.6 Å². The van der Waals surface area contributed by atoms with Gasteiger partial charge in [0.25, 0.3) is 0 Å². The van der Waals surface area contributed by atoms with Gasteiger partial charge in [-0.2, -0.15) is 0 Å². The Labute approximate surface area is 272 Å². The molecule has 3 rings (SSSR count). The Hall–Kier alpha value is -4.26. The fourth-order valence-corrected chi connectivity index (χ4v) is 7.43. The van der Waals surface area contributed by atoms with Crippen LogP contribution < -0.4 is 9.78 Å². The molecule has 1 amide bonds. The summed E-state index contributed by atoms with van der Waals surface area (Å²) < 4.78 is 33.2. The molecule has 1 N–H and O–H groups in total. The summed E-state index contributed by atoms with van der Waals surface area (Å²) in [6, 6.07) is 16.7. The Morgan fingerprint density at radius 2 is 1.43 bits per heavy atom. The Bertz CT molecular complexity index is 1390. The molecule has 1 saturated heterocycles. The summed E-state index contributed by atoms with van der Waals surface area (Å²) in [5, 5.41) is 2.69. The number of benzene rings is 2. The number of esters is 5. The fourth-order valence-electron chi connectivity index (χ4n) is 4.86. The Balaban J connectivity index is 2.20. The van der Waals surface area contributed by atoms with Crippen LogP contribution in [0, 0.1) is 0 Å². The van der Waals surface area contributed by atoms with Crippen molar-refractivity contribution in [2.75, 3.05) is 6.61 Å². The zero-order chi connectivity index (χ0) is 33.9. The van der Waals surface area contributed by atoms with Gasteiger partial charge in [0.15, 0.2) is 0 Å². The molecule has 1 aliphatic heterocycles. The molecule has 0 unspecified atom stereocenters. The van der Waals surface area contributed by atoms with Crippen LogP contribution in [-0.4, -0.2) is 92.3 Å². The monoisotopic (exact) mass is 707 g/mol. The number of amides is 1. The van der Waals surface area contributed by atoms with Crippen molar-refractivity contribution < 1.29 is 57.2 Å². The molecule has 0 bridgehead atoms. The number of hydrogen-bond acceptors (Lipinski definition) is 12. The van der Waals surface area contributed by atoms with E-state index < -0.39 is 92.3 Å². The quantitative estimate of drug-likeness (QED) is 0.179. The van der Waals surface area contributed by atoms with E-state index in [0.717, 1.165) is 20.8 Å². The summed E-state index contributed by atoms with van der Waals surface area (Å²) in [4.78, 5) is 75.5. The molecule has 13 nitrogen and oxygen atoms in total. The first-order valence-corrected chi connectivity index (χ1v) is 16.1. The summed E-state index contributed by atoms with van der Waals surface area (Å²) >= 11 is -0.868. The third-order valence-electron chi connectivity index (χ3n) is 6.55. The van der Waals surface area contributed by atoms with Gasteiger partial charge >= 0.3 is 273 Å². The van der Waals surface area contributed by atoms with Gasteiger partial charge in [0.2, 0.25) is 0 Å². The van der Waals surface area contributed by atoms with Gasteiger partial charge in [-0.25, -0.2) is 0 Å². The minimum absolute atomic E-state index is 0.108. The maximum absolute atomic E-state index is 14.2. The molecule has 0 saturated carbocycles. The van der Waals surface area contributed by atoms with Crippen LogP contribution in [0.5, 0.6) is 0 Å². The summed E-state index contributed by atoms with van der Waals surface area (Å²) in [6.07, 6.45) is -5.96. The molecule has 1 fully saturated rings. The molecule has 6 atom stereocenters. The molecule has 2 aromatic rings. The number of ether oxygens (including phenoxy) is 6. The molecule has 0 radical (unpaired) electrons. The molecular formula is C32H37NO12Se. The van der Waals surface area contributed by atoms with Gasteiger partial charge in [-0.3, -0.25) is 0 Å². The molecule has 2 aromatic carbocycles. The molecular weight excluding hydrogens is 669 g/mol. The fraction of sp³-hybridized carbons (Fsp3) is 0.438. The van der Waals surface area contributed by atoms with Gasteiger partial charge in [0.05, 0.1) is 0 Å². The van der Waals surface area contributed by atoms with E-state index in [1.807, 2.05) is 6.07 Å². The zero-order valence-electron chi connectivity index (χ0n) is 26.1. The van der Waals surface area contributed by atoms with E-state index in [2.05, 4.69) is 5.32 Å². The van der Waals surface area contributed by atoms with Crippen LogP contribution in [0.25, 0.3) is 0 Å². The van der Waals surface area contributed by atoms with Crippen molar-refractivity contribution in [1.29, 1.82) is 0 Å². The normalized spacial score (nSPS) is 21.9. The van der Waals surface area contributed by atoms with Crippen molar-refractivity contribution in [3.63, 3.8) is 0 Å². The van der Waals surface area contributed by atoms with Crippen LogP contribution in [0.1, 0.15) is 46.6 Å². The molecule has 1 heterocycles. The average Bonchev–Trinajstić information content (AvgIpc) is 2.98. The van der Waals surface area contributed by atoms with Crippen molar-refractivity contribution in [1.82, 2.24) is 5.32 Å². The minimum atomic E-state index is -1.82. The number of rotatable bonds is 13. The number of carbonyl (C=O) groups excluding carboxylic acids is 6. The third-order valence-corrected chi connectivity index (χ3v) is 9.21. The molecule has 0 aromatic heterocycles. The van der Waals surface area contributed by atoms with Crippen LogP contribution in [0.3, 0.4) is 0 Å². The Morgan fingerprint density at radius 3 is 1.98 bits per heavy atom. The topological polar surface area (TPSA) is 170 Å². The molecule has 248 valence electrons. The molecule has 14 heteroatoms. The average molecular weight is 707 g/mol. The second-order valence-electron chi connectivity index (χ2n) is 10.4. The summed E-state index contributed by atoms with van der Waals surface area (Å²) in [5.41, 5.74) is 0.701. The predicted octanol–water partition coefficient (Wildman–Crippen LogP) is 1.11. The number of carbonyl (C=O) groups is 6. The first kappa shape index (κ1) is 36.2. The third kappa shape index (κ3) is 10.7. The van der Waals surface area contributed by atoms with Gasteiger partial charge in [-0.1, -0.05) is 0 Å². The van der Waals surface area contributed by atoms with Gasteiger partial charge in [0, 0.05) is 0 Å². The second kappa shape index (κ2) is 16.9. The van der Waals surface area contributed by atoms with Gasteiger partial charge in [0.1, 0.15) is 0 Å². The van der Waals surface area contributed by atoms with E-state index in [0.29, 0.717) is 10.0 Å². The Morgan fingerprint density at radius 1 is 0.826 bits per heavy atom. The first-order chi connectivity index (χ1) is 21.8. The van der Waals surface area contributed by atoms with E-state index in [9.17, 15) is 28.8 Å². The molecule has 0 aliphatic carbocycles. The molecule has 1 aliphatic rings. The van der Waals surface area contributed by atoms with Crippen molar-refractivity contribution in [3.05, 3.63) is 66.2 Å². The maximum atomic E-state index is 14.2. The van der Waals surface area contributed by atoms with E-state index in [1.165, 1.54) is 13.8 Å². The van der Waals surface area contributed by atoms with E-state index in [-0.39, 0.29) is 13.0 Å². The SMILES string of the molecule is CC(=O)N[C@H]1[C@H]([C@H](OC(C)=O)[C@@H](COC(C)=O)OC(C)=O)O[C@@]([Se]c2ccccc2)(C(=O)OCc2ccccc2)C[C@@H]1OC(C)=O.